The number of carbonyl (C=O) groups is 1. The summed E-state index contributed by atoms with van der Waals surface area (Å²) in [6.45, 7) is 4.20. The number of hydrogen-bond acceptors (Lipinski definition) is 2. The molecular weight excluding hydrogens is 260 g/mol. The molecule has 112 valence electrons. The van der Waals surface area contributed by atoms with Crippen LogP contribution in [0.3, 0.4) is 0 Å². The van der Waals surface area contributed by atoms with E-state index in [9.17, 15) is 4.79 Å². The Hall–Kier alpha value is -0.280. The van der Waals surface area contributed by atoms with Crippen LogP contribution in [-0.4, -0.2) is 25.0 Å². The standard InChI is InChI=1S/C15H28N2O.ClH/c1-2-13(10-12-6-3-4-7-12)15(18)17-14-8-5-9-16-11-14;/h12-14,16H,2-11H2,1H3,(H,17,18);1H. The minimum Gasteiger partial charge on any atom is -0.352 e. The Morgan fingerprint density at radius 1 is 1.26 bits per heavy atom. The molecule has 2 rings (SSSR count). The third-order valence-corrected chi connectivity index (χ3v) is 4.60. The maximum Gasteiger partial charge on any atom is 0.223 e. The highest BCUT2D eigenvalue weighted by molar-refractivity contribution is 5.85. The van der Waals surface area contributed by atoms with E-state index in [0.29, 0.717) is 11.9 Å². The number of halogens is 1. The molecule has 0 aromatic rings. The topological polar surface area (TPSA) is 41.1 Å². The second-order valence-electron chi connectivity index (χ2n) is 6.04. The summed E-state index contributed by atoms with van der Waals surface area (Å²) in [5.41, 5.74) is 0. The van der Waals surface area contributed by atoms with Crippen LogP contribution in [0.25, 0.3) is 0 Å². The van der Waals surface area contributed by atoms with Gasteiger partial charge >= 0.3 is 0 Å². The highest BCUT2D eigenvalue weighted by Gasteiger charge is 2.25. The van der Waals surface area contributed by atoms with Crippen molar-refractivity contribution in [3.63, 3.8) is 0 Å². The average Bonchev–Trinajstić information content (AvgIpc) is 2.90. The van der Waals surface area contributed by atoms with Gasteiger partial charge < -0.3 is 10.6 Å². The third kappa shape index (κ3) is 5.31. The van der Waals surface area contributed by atoms with Crippen molar-refractivity contribution in [2.45, 2.75) is 64.3 Å². The average molecular weight is 289 g/mol. The molecule has 0 aromatic heterocycles. The minimum absolute atomic E-state index is 0. The first kappa shape index (κ1) is 16.8. The van der Waals surface area contributed by atoms with Gasteiger partial charge in [0.1, 0.15) is 0 Å². The lowest BCUT2D eigenvalue weighted by molar-refractivity contribution is -0.126. The zero-order valence-corrected chi connectivity index (χ0v) is 12.9. The number of hydrogen-bond donors (Lipinski definition) is 2. The Kier molecular flexibility index (Phi) is 7.77. The van der Waals surface area contributed by atoms with Crippen molar-refractivity contribution in [2.24, 2.45) is 11.8 Å². The van der Waals surface area contributed by atoms with E-state index in [1.807, 2.05) is 0 Å². The number of piperidine rings is 1. The number of carbonyl (C=O) groups excluding carboxylic acids is 1. The van der Waals surface area contributed by atoms with Crippen LogP contribution in [0, 0.1) is 11.8 Å². The normalized spacial score (nSPS) is 25.6. The molecule has 1 aliphatic heterocycles. The second-order valence-corrected chi connectivity index (χ2v) is 6.04. The van der Waals surface area contributed by atoms with Crippen molar-refractivity contribution in [3.8, 4) is 0 Å². The molecule has 4 heteroatoms. The van der Waals surface area contributed by atoms with Gasteiger partial charge in [0.2, 0.25) is 5.91 Å². The Morgan fingerprint density at radius 2 is 2.00 bits per heavy atom. The van der Waals surface area contributed by atoms with Gasteiger partial charge in [-0.25, -0.2) is 0 Å². The maximum absolute atomic E-state index is 12.3. The summed E-state index contributed by atoms with van der Waals surface area (Å²) in [7, 11) is 0. The van der Waals surface area contributed by atoms with Crippen LogP contribution in [0.1, 0.15) is 58.3 Å². The predicted molar refractivity (Wildman–Crippen MR) is 81.6 cm³/mol. The molecule has 2 atom stereocenters. The van der Waals surface area contributed by atoms with E-state index < -0.39 is 0 Å². The van der Waals surface area contributed by atoms with Crippen molar-refractivity contribution in [1.82, 2.24) is 10.6 Å². The lowest BCUT2D eigenvalue weighted by atomic mass is 9.90. The van der Waals surface area contributed by atoms with Crippen molar-refractivity contribution in [1.29, 1.82) is 0 Å². The van der Waals surface area contributed by atoms with Gasteiger partial charge in [0.15, 0.2) is 0 Å². The molecule has 0 spiro atoms. The number of amides is 1. The summed E-state index contributed by atoms with van der Waals surface area (Å²) in [6.07, 6.45) is 9.85. The molecule has 2 aliphatic rings. The molecule has 0 aromatic carbocycles. The van der Waals surface area contributed by atoms with Crippen LogP contribution in [0.2, 0.25) is 0 Å². The molecule has 1 saturated carbocycles. The maximum atomic E-state index is 12.3. The summed E-state index contributed by atoms with van der Waals surface area (Å²) in [5, 5.41) is 6.60. The van der Waals surface area contributed by atoms with Gasteiger partial charge in [-0.1, -0.05) is 32.6 Å². The molecule has 1 heterocycles. The van der Waals surface area contributed by atoms with E-state index in [1.165, 1.54) is 32.1 Å². The highest BCUT2D eigenvalue weighted by atomic mass is 35.5. The first-order valence-corrected chi connectivity index (χ1v) is 7.80. The van der Waals surface area contributed by atoms with E-state index in [1.54, 1.807) is 0 Å². The third-order valence-electron chi connectivity index (χ3n) is 4.60. The van der Waals surface area contributed by atoms with Gasteiger partial charge in [-0.05, 0) is 38.1 Å². The SMILES string of the molecule is CCC(CC1CCCC1)C(=O)NC1CCCNC1.Cl. The molecule has 3 nitrogen and oxygen atoms in total. The highest BCUT2D eigenvalue weighted by Crippen LogP contribution is 2.31. The van der Waals surface area contributed by atoms with Crippen LogP contribution in [0.5, 0.6) is 0 Å². The summed E-state index contributed by atoms with van der Waals surface area (Å²) < 4.78 is 0. The van der Waals surface area contributed by atoms with E-state index in [4.69, 9.17) is 0 Å². The monoisotopic (exact) mass is 288 g/mol. The first-order valence-electron chi connectivity index (χ1n) is 7.80. The fraction of sp³-hybridized carbons (Fsp3) is 0.933. The Balaban J connectivity index is 0.00000180. The van der Waals surface area contributed by atoms with Crippen molar-refractivity contribution >= 4 is 18.3 Å². The first-order chi connectivity index (χ1) is 8.79. The summed E-state index contributed by atoms with van der Waals surface area (Å²) in [6, 6.07) is 0.365. The number of rotatable bonds is 5. The molecule has 1 amide bonds. The van der Waals surface area contributed by atoms with Gasteiger partial charge in [0, 0.05) is 18.5 Å². The van der Waals surface area contributed by atoms with Crippen molar-refractivity contribution < 1.29 is 4.79 Å². The van der Waals surface area contributed by atoms with E-state index in [2.05, 4.69) is 17.6 Å². The van der Waals surface area contributed by atoms with Crippen LogP contribution >= 0.6 is 12.4 Å². The predicted octanol–water partition coefficient (Wildman–Crippen LogP) is 2.88. The Morgan fingerprint density at radius 3 is 2.58 bits per heavy atom. The van der Waals surface area contributed by atoms with Crippen molar-refractivity contribution in [2.75, 3.05) is 13.1 Å². The molecular formula is C15H29ClN2O. The summed E-state index contributed by atoms with van der Waals surface area (Å²) >= 11 is 0. The fourth-order valence-electron chi connectivity index (χ4n) is 3.40. The van der Waals surface area contributed by atoms with Crippen LogP contribution in [0.4, 0.5) is 0 Å². The number of nitrogens with one attached hydrogen (secondary N) is 2. The van der Waals surface area contributed by atoms with Gasteiger partial charge in [-0.15, -0.1) is 12.4 Å². The summed E-state index contributed by atoms with van der Waals surface area (Å²) in [4.78, 5) is 12.3. The largest absolute Gasteiger partial charge is 0.352 e. The lowest BCUT2D eigenvalue weighted by Crippen LogP contribution is -2.47. The van der Waals surface area contributed by atoms with Gasteiger partial charge in [-0.3, -0.25) is 4.79 Å². The van der Waals surface area contributed by atoms with Crippen LogP contribution in [-0.2, 0) is 4.79 Å². The molecule has 1 aliphatic carbocycles. The minimum atomic E-state index is 0. The fourth-order valence-corrected chi connectivity index (χ4v) is 3.40. The molecule has 0 radical (unpaired) electrons. The molecule has 2 N–H and O–H groups in total. The quantitative estimate of drug-likeness (QED) is 0.817. The lowest BCUT2D eigenvalue weighted by Gasteiger charge is -2.26. The van der Waals surface area contributed by atoms with E-state index in [-0.39, 0.29) is 18.3 Å². The molecule has 2 fully saturated rings. The smallest absolute Gasteiger partial charge is 0.223 e. The molecule has 19 heavy (non-hydrogen) atoms. The van der Waals surface area contributed by atoms with E-state index in [0.717, 1.165) is 38.3 Å². The molecule has 2 unspecified atom stereocenters. The van der Waals surface area contributed by atoms with E-state index >= 15 is 0 Å². The zero-order chi connectivity index (χ0) is 12.8. The van der Waals surface area contributed by atoms with Gasteiger partial charge in [-0.2, -0.15) is 0 Å². The molecule has 0 bridgehead atoms. The zero-order valence-electron chi connectivity index (χ0n) is 12.1. The Bertz CT molecular complexity index is 261. The van der Waals surface area contributed by atoms with Gasteiger partial charge in [0.05, 0.1) is 0 Å². The van der Waals surface area contributed by atoms with Gasteiger partial charge in [0.25, 0.3) is 0 Å². The summed E-state index contributed by atoms with van der Waals surface area (Å²) in [5.74, 6) is 1.36. The van der Waals surface area contributed by atoms with Crippen molar-refractivity contribution in [3.05, 3.63) is 0 Å². The second kappa shape index (κ2) is 8.80. The van der Waals surface area contributed by atoms with Crippen LogP contribution in [0.15, 0.2) is 0 Å². The van der Waals surface area contributed by atoms with Crippen LogP contribution < -0.4 is 10.6 Å². The molecule has 1 saturated heterocycles. The Labute approximate surface area is 123 Å².